The fraction of sp³-hybridized carbons (Fsp3) is 0.333. The van der Waals surface area contributed by atoms with Gasteiger partial charge in [-0.15, -0.1) is 0 Å². The number of imidazole rings is 1. The van der Waals surface area contributed by atoms with E-state index < -0.39 is 5.91 Å². The number of hydrogen-bond donors (Lipinski definition) is 3. The summed E-state index contributed by atoms with van der Waals surface area (Å²) in [7, 11) is 0. The average Bonchev–Trinajstić information content (AvgIpc) is 3.31. The van der Waals surface area contributed by atoms with Gasteiger partial charge < -0.3 is 24.8 Å². The lowest BCUT2D eigenvalue weighted by Gasteiger charge is -2.14. The van der Waals surface area contributed by atoms with Crippen molar-refractivity contribution in [2.24, 2.45) is 0 Å². The van der Waals surface area contributed by atoms with Crippen molar-refractivity contribution in [3.63, 3.8) is 0 Å². The Morgan fingerprint density at radius 1 is 1.39 bits per heavy atom. The number of thiocarbonyl (C=S) groups is 1. The topological polar surface area (TPSA) is 120 Å². The second kappa shape index (κ2) is 8.36. The van der Waals surface area contributed by atoms with E-state index in [4.69, 9.17) is 27.1 Å². The second-order valence-corrected chi connectivity index (χ2v) is 6.50. The van der Waals surface area contributed by atoms with Crippen LogP contribution in [0.1, 0.15) is 34.6 Å². The molecule has 0 saturated heterocycles. The molecule has 1 amide bonds. The van der Waals surface area contributed by atoms with Crippen molar-refractivity contribution in [2.45, 2.75) is 34.0 Å². The number of nitrogens with zero attached hydrogens (tertiary/aromatic N) is 3. The van der Waals surface area contributed by atoms with Crippen LogP contribution in [0, 0.1) is 13.8 Å². The van der Waals surface area contributed by atoms with Gasteiger partial charge in [0.05, 0.1) is 18.4 Å². The standard InChI is InChI=1S/C18H22N6O3S/c1-4-26-8-13-22-14-15(10(2)11(3)21-16(14)19)24(13)9-20-18(28)23-17(25)12-6-5-7-27-12/h5-7H,4,8-9H2,1-3H3,(H2,19,21)(H2,20,23,25,28). The number of nitrogens with one attached hydrogen (secondary N) is 2. The van der Waals surface area contributed by atoms with Crippen molar-refractivity contribution < 1.29 is 13.9 Å². The first kappa shape index (κ1) is 19.8. The minimum absolute atomic E-state index is 0.169. The minimum Gasteiger partial charge on any atom is -0.459 e. The van der Waals surface area contributed by atoms with E-state index in [1.807, 2.05) is 25.3 Å². The lowest BCUT2D eigenvalue weighted by molar-refractivity contribution is 0.0949. The van der Waals surface area contributed by atoms with E-state index in [0.29, 0.717) is 30.4 Å². The smallest absolute Gasteiger partial charge is 0.293 e. The number of nitrogen functional groups attached to an aromatic ring is 1. The van der Waals surface area contributed by atoms with Crippen molar-refractivity contribution in [1.29, 1.82) is 0 Å². The highest BCUT2D eigenvalue weighted by Gasteiger charge is 2.18. The summed E-state index contributed by atoms with van der Waals surface area (Å²) in [5.74, 6) is 0.808. The minimum atomic E-state index is -0.423. The average molecular weight is 402 g/mol. The molecule has 0 aliphatic carbocycles. The molecule has 0 saturated carbocycles. The van der Waals surface area contributed by atoms with E-state index in [1.165, 1.54) is 6.26 Å². The van der Waals surface area contributed by atoms with E-state index in [-0.39, 0.29) is 17.5 Å². The molecule has 0 aromatic carbocycles. The molecule has 0 fully saturated rings. The quantitative estimate of drug-likeness (QED) is 0.536. The fourth-order valence-electron chi connectivity index (χ4n) is 2.79. The molecule has 28 heavy (non-hydrogen) atoms. The molecule has 148 valence electrons. The van der Waals surface area contributed by atoms with Crippen LogP contribution in [0.5, 0.6) is 0 Å². The van der Waals surface area contributed by atoms with Crippen LogP contribution in [0.4, 0.5) is 5.82 Å². The molecule has 3 heterocycles. The maximum Gasteiger partial charge on any atom is 0.293 e. The van der Waals surface area contributed by atoms with Gasteiger partial charge in [0.2, 0.25) is 0 Å². The Morgan fingerprint density at radius 3 is 2.86 bits per heavy atom. The number of nitrogens with two attached hydrogens (primary N) is 1. The number of carbonyl (C=O) groups excluding carboxylic acids is 1. The second-order valence-electron chi connectivity index (χ2n) is 6.09. The number of carbonyl (C=O) groups is 1. The number of amides is 1. The third-order valence-electron chi connectivity index (χ3n) is 4.28. The van der Waals surface area contributed by atoms with Gasteiger partial charge in [-0.25, -0.2) is 9.97 Å². The summed E-state index contributed by atoms with van der Waals surface area (Å²) in [6.45, 7) is 6.92. The molecule has 3 rings (SSSR count). The molecule has 4 N–H and O–H groups in total. The third-order valence-corrected chi connectivity index (χ3v) is 4.53. The molecule has 3 aromatic rings. The number of aryl methyl sites for hydroxylation is 2. The highest BCUT2D eigenvalue weighted by atomic mass is 32.1. The predicted molar refractivity (Wildman–Crippen MR) is 109 cm³/mol. The zero-order valence-corrected chi connectivity index (χ0v) is 16.7. The molecule has 0 spiro atoms. The molecule has 3 aromatic heterocycles. The highest BCUT2D eigenvalue weighted by molar-refractivity contribution is 7.80. The number of fused-ring (bicyclic) bond motifs is 1. The zero-order valence-electron chi connectivity index (χ0n) is 15.9. The third kappa shape index (κ3) is 3.97. The first-order valence-electron chi connectivity index (χ1n) is 8.74. The molecule has 0 radical (unpaired) electrons. The lowest BCUT2D eigenvalue weighted by Crippen LogP contribution is -2.40. The van der Waals surface area contributed by atoms with Gasteiger partial charge in [-0.05, 0) is 50.7 Å². The molecule has 0 unspecified atom stereocenters. The van der Waals surface area contributed by atoms with Crippen LogP contribution < -0.4 is 16.4 Å². The highest BCUT2D eigenvalue weighted by Crippen LogP contribution is 2.26. The zero-order chi connectivity index (χ0) is 20.3. The van der Waals surface area contributed by atoms with Crippen molar-refractivity contribution in [3.05, 3.63) is 41.2 Å². The number of hydrogen-bond acceptors (Lipinski definition) is 7. The van der Waals surface area contributed by atoms with E-state index >= 15 is 0 Å². The van der Waals surface area contributed by atoms with Crippen LogP contribution in [0.3, 0.4) is 0 Å². The van der Waals surface area contributed by atoms with Gasteiger partial charge in [-0.2, -0.15) is 0 Å². The molecule has 0 aliphatic rings. The fourth-order valence-corrected chi connectivity index (χ4v) is 2.95. The number of anilines is 1. The van der Waals surface area contributed by atoms with Crippen molar-refractivity contribution in [3.8, 4) is 0 Å². The Balaban J connectivity index is 1.84. The van der Waals surface area contributed by atoms with Crippen LogP contribution in [0.2, 0.25) is 0 Å². The maximum atomic E-state index is 12.0. The molecule has 10 heteroatoms. The van der Waals surface area contributed by atoms with Crippen molar-refractivity contribution >= 4 is 40.1 Å². The summed E-state index contributed by atoms with van der Waals surface area (Å²) in [4.78, 5) is 21.0. The van der Waals surface area contributed by atoms with Crippen LogP contribution in [0.25, 0.3) is 11.0 Å². The van der Waals surface area contributed by atoms with Gasteiger partial charge in [-0.1, -0.05) is 0 Å². The molecule has 9 nitrogen and oxygen atoms in total. The predicted octanol–water partition coefficient (Wildman–Crippen LogP) is 2.02. The molecular weight excluding hydrogens is 380 g/mol. The summed E-state index contributed by atoms with van der Waals surface area (Å²) < 4.78 is 12.5. The Morgan fingerprint density at radius 2 is 2.18 bits per heavy atom. The Labute approximate surface area is 167 Å². The number of ether oxygens (including phenoxy) is 1. The van der Waals surface area contributed by atoms with Gasteiger partial charge in [-0.3, -0.25) is 10.1 Å². The summed E-state index contributed by atoms with van der Waals surface area (Å²) in [5.41, 5.74) is 9.33. The first-order valence-corrected chi connectivity index (χ1v) is 9.15. The maximum absolute atomic E-state index is 12.0. The lowest BCUT2D eigenvalue weighted by atomic mass is 10.2. The monoisotopic (exact) mass is 402 g/mol. The van der Waals surface area contributed by atoms with E-state index in [0.717, 1.165) is 16.8 Å². The van der Waals surface area contributed by atoms with Gasteiger partial charge >= 0.3 is 0 Å². The SMILES string of the molecule is CCOCc1nc2c(N)nc(C)c(C)c2n1CNC(=S)NC(=O)c1ccco1. The van der Waals surface area contributed by atoms with Crippen LogP contribution in [-0.4, -0.2) is 32.2 Å². The number of aromatic nitrogens is 3. The Bertz CT molecular complexity index is 1010. The van der Waals surface area contributed by atoms with Gasteiger partial charge in [0.15, 0.2) is 16.7 Å². The largest absolute Gasteiger partial charge is 0.459 e. The van der Waals surface area contributed by atoms with Gasteiger partial charge in [0.1, 0.15) is 17.9 Å². The summed E-state index contributed by atoms with van der Waals surface area (Å²) in [5, 5.41) is 5.76. The van der Waals surface area contributed by atoms with Crippen molar-refractivity contribution in [2.75, 3.05) is 12.3 Å². The number of rotatable bonds is 6. The van der Waals surface area contributed by atoms with E-state index in [1.54, 1.807) is 12.1 Å². The molecule has 0 aliphatic heterocycles. The summed E-state index contributed by atoms with van der Waals surface area (Å²) in [6, 6.07) is 3.19. The molecular formula is C18H22N6O3S. The van der Waals surface area contributed by atoms with Gasteiger partial charge in [0.25, 0.3) is 5.91 Å². The van der Waals surface area contributed by atoms with Crippen LogP contribution >= 0.6 is 12.2 Å². The van der Waals surface area contributed by atoms with Crippen LogP contribution in [-0.2, 0) is 18.0 Å². The van der Waals surface area contributed by atoms with E-state index in [2.05, 4.69) is 20.6 Å². The van der Waals surface area contributed by atoms with Crippen molar-refractivity contribution in [1.82, 2.24) is 25.2 Å². The van der Waals surface area contributed by atoms with Gasteiger partial charge in [0, 0.05) is 12.3 Å². The summed E-state index contributed by atoms with van der Waals surface area (Å²) in [6.07, 6.45) is 1.42. The molecule has 0 atom stereocenters. The van der Waals surface area contributed by atoms with Crippen LogP contribution in [0.15, 0.2) is 22.8 Å². The Kier molecular flexibility index (Phi) is 5.90. The molecule has 0 bridgehead atoms. The number of furan rings is 1. The first-order chi connectivity index (χ1) is 13.4. The summed E-state index contributed by atoms with van der Waals surface area (Å²) >= 11 is 5.23. The Hall–Kier alpha value is -2.98. The van der Waals surface area contributed by atoms with E-state index in [9.17, 15) is 4.79 Å². The number of pyridine rings is 1. The normalized spacial score (nSPS) is 11.0.